The number of nitrogens with zero attached hydrogens (tertiary/aromatic N) is 1. The van der Waals surface area contributed by atoms with E-state index in [0.717, 1.165) is 0 Å². The number of nitro groups is 1. The fourth-order valence-electron chi connectivity index (χ4n) is 1.08. The highest BCUT2D eigenvalue weighted by molar-refractivity contribution is 5.94. The molecular formula is C10H12N2O4. The molecule has 0 aliphatic carbocycles. The molecule has 86 valence electrons. The van der Waals surface area contributed by atoms with Gasteiger partial charge >= 0.3 is 0 Å². The summed E-state index contributed by atoms with van der Waals surface area (Å²) < 4.78 is 0. The van der Waals surface area contributed by atoms with Crippen molar-refractivity contribution >= 4 is 11.6 Å². The normalized spacial score (nSPS) is 11.9. The minimum Gasteiger partial charge on any atom is -0.392 e. The third kappa shape index (κ3) is 3.32. The molecule has 0 heterocycles. The molecule has 0 saturated heterocycles. The molecule has 0 bridgehead atoms. The van der Waals surface area contributed by atoms with E-state index >= 15 is 0 Å². The van der Waals surface area contributed by atoms with Gasteiger partial charge in [0, 0.05) is 24.2 Å². The van der Waals surface area contributed by atoms with Crippen LogP contribution >= 0.6 is 0 Å². The van der Waals surface area contributed by atoms with E-state index in [1.165, 1.54) is 24.3 Å². The van der Waals surface area contributed by atoms with Crippen molar-refractivity contribution in [3.63, 3.8) is 0 Å². The van der Waals surface area contributed by atoms with Gasteiger partial charge in [0.25, 0.3) is 11.6 Å². The number of nitrogens with one attached hydrogen (secondary N) is 1. The van der Waals surface area contributed by atoms with E-state index in [-0.39, 0.29) is 18.1 Å². The Morgan fingerprint density at radius 1 is 1.50 bits per heavy atom. The monoisotopic (exact) mass is 224 g/mol. The van der Waals surface area contributed by atoms with Gasteiger partial charge in [-0.25, -0.2) is 0 Å². The molecule has 6 heteroatoms. The average Bonchev–Trinajstić information content (AvgIpc) is 2.26. The van der Waals surface area contributed by atoms with Gasteiger partial charge in [0.15, 0.2) is 0 Å². The van der Waals surface area contributed by atoms with Crippen LogP contribution in [0.1, 0.15) is 17.3 Å². The molecule has 1 rings (SSSR count). The Morgan fingerprint density at radius 2 is 2.06 bits per heavy atom. The number of amides is 1. The molecule has 2 N–H and O–H groups in total. The van der Waals surface area contributed by atoms with Crippen LogP contribution in [-0.4, -0.2) is 28.6 Å². The molecule has 0 radical (unpaired) electrons. The Kier molecular flexibility index (Phi) is 3.96. The maximum atomic E-state index is 11.4. The molecule has 0 fully saturated rings. The van der Waals surface area contributed by atoms with Crippen LogP contribution in [0.5, 0.6) is 0 Å². The molecule has 0 aliphatic heterocycles. The molecule has 0 spiro atoms. The third-order valence-electron chi connectivity index (χ3n) is 1.90. The van der Waals surface area contributed by atoms with Gasteiger partial charge in [0.1, 0.15) is 0 Å². The second-order valence-electron chi connectivity index (χ2n) is 3.36. The topological polar surface area (TPSA) is 92.5 Å². The maximum Gasteiger partial charge on any atom is 0.269 e. The average molecular weight is 224 g/mol. The molecular weight excluding hydrogens is 212 g/mol. The minimum absolute atomic E-state index is 0.0629. The smallest absolute Gasteiger partial charge is 0.269 e. The van der Waals surface area contributed by atoms with Gasteiger partial charge in [-0.2, -0.15) is 0 Å². The summed E-state index contributed by atoms with van der Waals surface area (Å²) in [4.78, 5) is 21.3. The van der Waals surface area contributed by atoms with Gasteiger partial charge in [-0.1, -0.05) is 0 Å². The van der Waals surface area contributed by atoms with Gasteiger partial charge in [-0.05, 0) is 19.1 Å². The summed E-state index contributed by atoms with van der Waals surface area (Å²) in [5, 5.41) is 21.8. The fourth-order valence-corrected chi connectivity index (χ4v) is 1.08. The first-order valence-electron chi connectivity index (χ1n) is 4.71. The van der Waals surface area contributed by atoms with Gasteiger partial charge in [-0.3, -0.25) is 14.9 Å². The minimum atomic E-state index is -0.623. The van der Waals surface area contributed by atoms with Crippen molar-refractivity contribution in [2.24, 2.45) is 0 Å². The molecule has 1 aromatic carbocycles. The maximum absolute atomic E-state index is 11.4. The van der Waals surface area contributed by atoms with Crippen molar-refractivity contribution in [1.29, 1.82) is 0 Å². The molecule has 0 aromatic heterocycles. The molecule has 16 heavy (non-hydrogen) atoms. The number of rotatable bonds is 4. The first-order valence-corrected chi connectivity index (χ1v) is 4.71. The zero-order valence-corrected chi connectivity index (χ0v) is 8.71. The van der Waals surface area contributed by atoms with Gasteiger partial charge < -0.3 is 10.4 Å². The van der Waals surface area contributed by atoms with Crippen LogP contribution in [0.15, 0.2) is 24.3 Å². The van der Waals surface area contributed by atoms with Crippen LogP contribution in [0.3, 0.4) is 0 Å². The number of aliphatic hydroxyl groups excluding tert-OH is 1. The Balaban J connectivity index is 2.67. The molecule has 1 aromatic rings. The molecule has 1 atom stereocenters. The zero-order valence-electron chi connectivity index (χ0n) is 8.71. The van der Waals surface area contributed by atoms with Gasteiger partial charge in [0.2, 0.25) is 0 Å². The lowest BCUT2D eigenvalue weighted by atomic mass is 10.2. The molecule has 0 aliphatic rings. The van der Waals surface area contributed by atoms with Crippen LogP contribution in [0.25, 0.3) is 0 Å². The SMILES string of the molecule is CC(O)CNC(=O)c1ccc([N+](=O)[O-])cc1. The third-order valence-corrected chi connectivity index (χ3v) is 1.90. The molecule has 0 saturated carbocycles. The van der Waals surface area contributed by atoms with Gasteiger partial charge in [0.05, 0.1) is 11.0 Å². The number of aliphatic hydroxyl groups is 1. The molecule has 1 unspecified atom stereocenters. The Bertz CT molecular complexity index is 386. The number of non-ortho nitro benzene ring substituents is 1. The quantitative estimate of drug-likeness (QED) is 0.581. The van der Waals surface area contributed by atoms with Crippen LogP contribution in [0.4, 0.5) is 5.69 Å². The summed E-state index contributed by atoms with van der Waals surface area (Å²) in [5.74, 6) is -0.365. The second kappa shape index (κ2) is 5.22. The predicted molar refractivity (Wildman–Crippen MR) is 57.1 cm³/mol. The van der Waals surface area contributed by atoms with Crippen molar-refractivity contribution in [3.8, 4) is 0 Å². The van der Waals surface area contributed by atoms with Crippen LogP contribution < -0.4 is 5.32 Å². The van der Waals surface area contributed by atoms with E-state index in [2.05, 4.69) is 5.32 Å². The summed E-state index contributed by atoms with van der Waals surface area (Å²) in [6, 6.07) is 5.26. The standard InChI is InChI=1S/C10H12N2O4/c1-7(13)6-11-10(14)8-2-4-9(5-3-8)12(15)16/h2-5,7,13H,6H2,1H3,(H,11,14). The zero-order chi connectivity index (χ0) is 12.1. The van der Waals surface area contributed by atoms with Crippen molar-refractivity contribution in [1.82, 2.24) is 5.32 Å². The number of benzene rings is 1. The number of hydrogen-bond acceptors (Lipinski definition) is 4. The molecule has 6 nitrogen and oxygen atoms in total. The number of carbonyl (C=O) groups excluding carboxylic acids is 1. The van der Waals surface area contributed by atoms with E-state index < -0.39 is 11.0 Å². The predicted octanol–water partition coefficient (Wildman–Crippen LogP) is 0.705. The number of hydrogen-bond donors (Lipinski definition) is 2. The van der Waals surface area contributed by atoms with E-state index in [1.54, 1.807) is 6.92 Å². The summed E-state index contributed by atoms with van der Waals surface area (Å²) in [6.45, 7) is 1.70. The van der Waals surface area contributed by atoms with Crippen molar-refractivity contribution < 1.29 is 14.8 Å². The summed E-state index contributed by atoms with van der Waals surface area (Å²) >= 11 is 0. The summed E-state index contributed by atoms with van der Waals surface area (Å²) in [7, 11) is 0. The number of carbonyl (C=O) groups is 1. The van der Waals surface area contributed by atoms with Crippen molar-refractivity contribution in [3.05, 3.63) is 39.9 Å². The highest BCUT2D eigenvalue weighted by Crippen LogP contribution is 2.11. The lowest BCUT2D eigenvalue weighted by Gasteiger charge is -2.06. The largest absolute Gasteiger partial charge is 0.392 e. The fraction of sp³-hybridized carbons (Fsp3) is 0.300. The van der Waals surface area contributed by atoms with Crippen LogP contribution in [0, 0.1) is 10.1 Å². The number of nitro benzene ring substituents is 1. The first-order chi connectivity index (χ1) is 7.50. The highest BCUT2D eigenvalue weighted by atomic mass is 16.6. The summed E-state index contributed by atoms with van der Waals surface area (Å²) in [5.41, 5.74) is 0.262. The first kappa shape index (κ1) is 12.1. The summed E-state index contributed by atoms with van der Waals surface area (Å²) in [6.07, 6.45) is -0.623. The lowest BCUT2D eigenvalue weighted by Crippen LogP contribution is -2.30. The Labute approximate surface area is 92.0 Å². The Morgan fingerprint density at radius 3 is 2.50 bits per heavy atom. The lowest BCUT2D eigenvalue weighted by molar-refractivity contribution is -0.384. The second-order valence-corrected chi connectivity index (χ2v) is 3.36. The van der Waals surface area contributed by atoms with E-state index in [1.807, 2.05) is 0 Å². The van der Waals surface area contributed by atoms with E-state index in [9.17, 15) is 14.9 Å². The molecule has 1 amide bonds. The highest BCUT2D eigenvalue weighted by Gasteiger charge is 2.09. The van der Waals surface area contributed by atoms with Gasteiger partial charge in [-0.15, -0.1) is 0 Å². The van der Waals surface area contributed by atoms with Crippen molar-refractivity contribution in [2.45, 2.75) is 13.0 Å². The van der Waals surface area contributed by atoms with Crippen molar-refractivity contribution in [2.75, 3.05) is 6.54 Å². The van der Waals surface area contributed by atoms with E-state index in [0.29, 0.717) is 5.56 Å². The Hall–Kier alpha value is -1.95. The van der Waals surface area contributed by atoms with Crippen LogP contribution in [-0.2, 0) is 0 Å². The van der Waals surface area contributed by atoms with Crippen LogP contribution in [0.2, 0.25) is 0 Å². The van der Waals surface area contributed by atoms with E-state index in [4.69, 9.17) is 5.11 Å².